The lowest BCUT2D eigenvalue weighted by Gasteiger charge is -2.22. The van der Waals surface area contributed by atoms with Gasteiger partial charge in [0.2, 0.25) is 5.91 Å². The van der Waals surface area contributed by atoms with Crippen molar-refractivity contribution in [1.29, 1.82) is 0 Å². The number of nitrogens with one attached hydrogen (secondary N) is 1. The van der Waals surface area contributed by atoms with Crippen LogP contribution in [0, 0.1) is 17.8 Å². The lowest BCUT2D eigenvalue weighted by atomic mass is 9.94. The monoisotopic (exact) mass is 285 g/mol. The van der Waals surface area contributed by atoms with E-state index in [-0.39, 0.29) is 11.8 Å². The normalized spacial score (nSPS) is 23.4. The maximum absolute atomic E-state index is 12.2. The fourth-order valence-corrected chi connectivity index (χ4v) is 2.68. The molecule has 1 amide bonds. The van der Waals surface area contributed by atoms with Gasteiger partial charge in [-0.2, -0.15) is 0 Å². The van der Waals surface area contributed by atoms with Crippen LogP contribution in [-0.2, 0) is 19.1 Å². The summed E-state index contributed by atoms with van der Waals surface area (Å²) in [6.07, 6.45) is 2.27. The third-order valence-electron chi connectivity index (χ3n) is 3.68. The molecule has 6 heteroatoms. The van der Waals surface area contributed by atoms with Crippen LogP contribution in [0.3, 0.4) is 0 Å². The van der Waals surface area contributed by atoms with Crippen LogP contribution < -0.4 is 5.32 Å². The third-order valence-corrected chi connectivity index (χ3v) is 3.68. The number of esters is 1. The Bertz CT molecular complexity index is 380. The number of amides is 1. The lowest BCUT2D eigenvalue weighted by molar-refractivity contribution is -0.148. The summed E-state index contributed by atoms with van der Waals surface area (Å²) in [6.45, 7) is 3.88. The highest BCUT2D eigenvalue weighted by Gasteiger charge is 2.39. The van der Waals surface area contributed by atoms with Crippen LogP contribution >= 0.6 is 0 Å². The number of ether oxygens (including phenoxy) is 1. The molecule has 2 N–H and O–H groups in total. The van der Waals surface area contributed by atoms with Gasteiger partial charge in [-0.15, -0.1) is 0 Å². The van der Waals surface area contributed by atoms with E-state index in [2.05, 4.69) is 10.1 Å². The summed E-state index contributed by atoms with van der Waals surface area (Å²) < 4.78 is 4.68. The number of carboxylic acid groups (broad SMARTS) is 1. The van der Waals surface area contributed by atoms with E-state index in [9.17, 15) is 14.4 Å². The average molecular weight is 285 g/mol. The van der Waals surface area contributed by atoms with E-state index in [1.54, 1.807) is 0 Å². The molecule has 0 heterocycles. The molecule has 20 heavy (non-hydrogen) atoms. The summed E-state index contributed by atoms with van der Waals surface area (Å²) in [6, 6.07) is -0.706. The molecule has 1 aliphatic rings. The molecule has 3 atom stereocenters. The molecule has 0 bridgehead atoms. The predicted octanol–water partition coefficient (Wildman–Crippen LogP) is 1.19. The summed E-state index contributed by atoms with van der Waals surface area (Å²) in [5.41, 5.74) is 0. The molecule has 0 aromatic carbocycles. The third kappa shape index (κ3) is 4.21. The molecular formula is C14H23NO5. The maximum atomic E-state index is 12.2. The molecule has 0 aliphatic heterocycles. The van der Waals surface area contributed by atoms with Crippen molar-refractivity contribution in [2.24, 2.45) is 17.8 Å². The maximum Gasteiger partial charge on any atom is 0.328 e. The van der Waals surface area contributed by atoms with Gasteiger partial charge in [0.25, 0.3) is 0 Å². The van der Waals surface area contributed by atoms with Crippen molar-refractivity contribution in [3.05, 3.63) is 0 Å². The highest BCUT2D eigenvalue weighted by atomic mass is 16.5. The quantitative estimate of drug-likeness (QED) is 0.715. The summed E-state index contributed by atoms with van der Waals surface area (Å²) in [4.78, 5) is 34.9. The summed E-state index contributed by atoms with van der Waals surface area (Å²) in [7, 11) is 1.28. The van der Waals surface area contributed by atoms with E-state index in [4.69, 9.17) is 5.11 Å². The van der Waals surface area contributed by atoms with Gasteiger partial charge in [-0.25, -0.2) is 4.79 Å². The molecule has 1 aliphatic carbocycles. The van der Waals surface area contributed by atoms with E-state index in [1.807, 2.05) is 13.8 Å². The summed E-state index contributed by atoms with van der Waals surface area (Å²) >= 11 is 0. The molecule has 0 saturated heterocycles. The first-order valence-corrected chi connectivity index (χ1v) is 6.97. The number of hydrogen-bond acceptors (Lipinski definition) is 4. The molecule has 6 nitrogen and oxygen atoms in total. The van der Waals surface area contributed by atoms with Gasteiger partial charge in [0, 0.05) is 0 Å². The van der Waals surface area contributed by atoms with Crippen molar-refractivity contribution in [1.82, 2.24) is 5.32 Å². The van der Waals surface area contributed by atoms with E-state index < -0.39 is 29.8 Å². The highest BCUT2D eigenvalue weighted by Crippen LogP contribution is 2.32. The Balaban J connectivity index is 2.70. The standard InChI is InChI=1S/C14H23NO5/c1-8(2)7-11(14(19)20-3)15-12(16)9-5-4-6-10(9)13(17)18/h8-11H,4-7H2,1-3H3,(H,15,16)(H,17,18). The van der Waals surface area contributed by atoms with Gasteiger partial charge in [-0.05, 0) is 25.2 Å². The Labute approximate surface area is 118 Å². The van der Waals surface area contributed by atoms with Gasteiger partial charge in [-0.3, -0.25) is 9.59 Å². The molecule has 0 spiro atoms. The topological polar surface area (TPSA) is 92.7 Å². The number of carbonyl (C=O) groups excluding carboxylic acids is 2. The van der Waals surface area contributed by atoms with E-state index in [0.717, 1.165) is 6.42 Å². The molecule has 114 valence electrons. The molecule has 0 radical (unpaired) electrons. The predicted molar refractivity (Wildman–Crippen MR) is 71.9 cm³/mol. The first kappa shape index (κ1) is 16.5. The van der Waals surface area contributed by atoms with Crippen molar-refractivity contribution in [3.8, 4) is 0 Å². The van der Waals surface area contributed by atoms with Crippen LogP contribution in [0.25, 0.3) is 0 Å². The van der Waals surface area contributed by atoms with Crippen LogP contribution in [0.15, 0.2) is 0 Å². The van der Waals surface area contributed by atoms with E-state index in [1.165, 1.54) is 7.11 Å². The van der Waals surface area contributed by atoms with Crippen molar-refractivity contribution < 1.29 is 24.2 Å². The van der Waals surface area contributed by atoms with Gasteiger partial charge in [0.05, 0.1) is 18.9 Å². The van der Waals surface area contributed by atoms with Crippen LogP contribution in [0.4, 0.5) is 0 Å². The lowest BCUT2D eigenvalue weighted by Crippen LogP contribution is -2.46. The van der Waals surface area contributed by atoms with Crippen LogP contribution in [0.2, 0.25) is 0 Å². The van der Waals surface area contributed by atoms with Crippen LogP contribution in [-0.4, -0.2) is 36.1 Å². The van der Waals surface area contributed by atoms with Crippen molar-refractivity contribution in [2.75, 3.05) is 7.11 Å². The largest absolute Gasteiger partial charge is 0.481 e. The number of carboxylic acids is 1. The minimum atomic E-state index is -0.943. The Morgan fingerprint density at radius 2 is 1.85 bits per heavy atom. The Kier molecular flexibility index (Phi) is 5.98. The van der Waals surface area contributed by atoms with Gasteiger partial charge >= 0.3 is 11.9 Å². The Morgan fingerprint density at radius 1 is 1.25 bits per heavy atom. The fourth-order valence-electron chi connectivity index (χ4n) is 2.68. The average Bonchev–Trinajstić information content (AvgIpc) is 2.85. The number of hydrogen-bond donors (Lipinski definition) is 2. The van der Waals surface area contributed by atoms with Gasteiger partial charge in [0.15, 0.2) is 0 Å². The Hall–Kier alpha value is -1.59. The molecule has 0 aromatic rings. The number of methoxy groups -OCH3 is 1. The van der Waals surface area contributed by atoms with Crippen molar-refractivity contribution in [3.63, 3.8) is 0 Å². The number of rotatable bonds is 6. The zero-order valence-electron chi connectivity index (χ0n) is 12.2. The number of aliphatic carboxylic acids is 1. The second kappa shape index (κ2) is 7.26. The zero-order chi connectivity index (χ0) is 15.3. The first-order valence-electron chi connectivity index (χ1n) is 6.97. The zero-order valence-corrected chi connectivity index (χ0v) is 12.2. The van der Waals surface area contributed by atoms with Crippen molar-refractivity contribution in [2.45, 2.75) is 45.6 Å². The highest BCUT2D eigenvalue weighted by molar-refractivity contribution is 5.89. The second-order valence-corrected chi connectivity index (χ2v) is 5.70. The minimum Gasteiger partial charge on any atom is -0.481 e. The molecule has 1 fully saturated rings. The minimum absolute atomic E-state index is 0.221. The molecular weight excluding hydrogens is 262 g/mol. The van der Waals surface area contributed by atoms with E-state index >= 15 is 0 Å². The fraction of sp³-hybridized carbons (Fsp3) is 0.786. The first-order chi connectivity index (χ1) is 9.36. The summed E-state index contributed by atoms with van der Waals surface area (Å²) in [5, 5.41) is 11.7. The second-order valence-electron chi connectivity index (χ2n) is 5.70. The molecule has 1 saturated carbocycles. The molecule has 1 rings (SSSR count). The Morgan fingerprint density at radius 3 is 2.35 bits per heavy atom. The molecule has 3 unspecified atom stereocenters. The van der Waals surface area contributed by atoms with E-state index in [0.29, 0.717) is 19.3 Å². The van der Waals surface area contributed by atoms with Gasteiger partial charge in [0.1, 0.15) is 6.04 Å². The van der Waals surface area contributed by atoms with Gasteiger partial charge in [-0.1, -0.05) is 20.3 Å². The SMILES string of the molecule is COC(=O)C(CC(C)C)NC(=O)C1CCCC1C(=O)O. The number of carbonyl (C=O) groups is 3. The van der Waals surface area contributed by atoms with Crippen LogP contribution in [0.5, 0.6) is 0 Å². The van der Waals surface area contributed by atoms with Gasteiger partial charge < -0.3 is 15.2 Å². The summed E-state index contributed by atoms with van der Waals surface area (Å²) in [5.74, 6) is -2.76. The molecule has 0 aromatic heterocycles. The smallest absolute Gasteiger partial charge is 0.328 e. The van der Waals surface area contributed by atoms with Crippen molar-refractivity contribution >= 4 is 17.8 Å². The van der Waals surface area contributed by atoms with Crippen LogP contribution in [0.1, 0.15) is 39.5 Å².